The maximum absolute atomic E-state index is 2.39. The monoisotopic (exact) mass is 504 g/mol. The van der Waals surface area contributed by atoms with Crippen LogP contribution in [-0.4, -0.2) is 4.57 Å². The molecule has 0 atom stereocenters. The minimum Gasteiger partial charge on any atom is -0.311 e. The zero-order valence-corrected chi connectivity index (χ0v) is 22.5. The summed E-state index contributed by atoms with van der Waals surface area (Å²) in [5, 5.41) is 1.33. The Labute approximate surface area is 231 Å². The first kappa shape index (κ1) is 24.5. The minimum absolute atomic E-state index is 1.00. The van der Waals surface area contributed by atoms with E-state index in [0.717, 1.165) is 23.5 Å². The molecule has 190 valence electrons. The number of nitrogens with zero attached hydrogens (tertiary/aromatic N) is 2. The van der Waals surface area contributed by atoms with Crippen molar-refractivity contribution >= 4 is 34.0 Å². The first-order chi connectivity index (χ1) is 19.3. The van der Waals surface area contributed by atoms with E-state index in [-0.39, 0.29) is 0 Å². The van der Waals surface area contributed by atoms with Gasteiger partial charge in [-0.15, -0.1) is 0 Å². The zero-order valence-electron chi connectivity index (χ0n) is 22.5. The van der Waals surface area contributed by atoms with Gasteiger partial charge in [0.05, 0.1) is 5.52 Å². The third kappa shape index (κ3) is 4.66. The Kier molecular flexibility index (Phi) is 6.84. The van der Waals surface area contributed by atoms with Gasteiger partial charge in [0.15, 0.2) is 0 Å². The molecule has 0 aliphatic carbocycles. The van der Waals surface area contributed by atoms with E-state index in [9.17, 15) is 0 Å². The molecule has 0 unspecified atom stereocenters. The Balaban J connectivity index is 1.35. The van der Waals surface area contributed by atoms with Gasteiger partial charge in [-0.1, -0.05) is 91.9 Å². The average molecular weight is 505 g/mol. The van der Waals surface area contributed by atoms with Crippen molar-refractivity contribution in [1.29, 1.82) is 0 Å². The second kappa shape index (κ2) is 10.9. The normalized spacial score (nSPS) is 11.3. The molecule has 6 rings (SSSR count). The number of aryl methyl sites for hydroxylation is 1. The van der Waals surface area contributed by atoms with Crippen LogP contribution in [0.1, 0.15) is 25.1 Å². The highest BCUT2D eigenvalue weighted by Gasteiger charge is 2.16. The fourth-order valence-corrected chi connectivity index (χ4v) is 5.52. The second-order valence-corrected chi connectivity index (χ2v) is 9.67. The molecule has 2 heteroatoms. The number of para-hydroxylation sites is 3. The maximum Gasteiger partial charge on any atom is 0.0537 e. The van der Waals surface area contributed by atoms with E-state index in [1.165, 1.54) is 39.0 Å². The highest BCUT2D eigenvalue weighted by molar-refractivity contribution is 5.90. The fourth-order valence-electron chi connectivity index (χ4n) is 5.52. The quantitative estimate of drug-likeness (QED) is 0.210. The molecule has 6 aromatic rings. The third-order valence-corrected chi connectivity index (χ3v) is 7.31. The lowest BCUT2D eigenvalue weighted by atomic mass is 10.0. The lowest BCUT2D eigenvalue weighted by Crippen LogP contribution is -2.09. The van der Waals surface area contributed by atoms with Crippen LogP contribution in [0.2, 0.25) is 0 Å². The third-order valence-electron chi connectivity index (χ3n) is 7.31. The molecule has 0 saturated carbocycles. The summed E-state index contributed by atoms with van der Waals surface area (Å²) in [6.07, 6.45) is 5.37. The van der Waals surface area contributed by atoms with E-state index in [4.69, 9.17) is 0 Å². The summed E-state index contributed by atoms with van der Waals surface area (Å²) in [4.78, 5) is 2.29. The van der Waals surface area contributed by atoms with E-state index in [2.05, 4.69) is 169 Å². The van der Waals surface area contributed by atoms with Crippen LogP contribution < -0.4 is 4.90 Å². The van der Waals surface area contributed by atoms with Crippen molar-refractivity contribution in [2.75, 3.05) is 4.90 Å². The molecule has 0 radical (unpaired) electrons. The number of rotatable bonds is 7. The lowest BCUT2D eigenvalue weighted by Gasteiger charge is -2.25. The molecule has 1 aromatic heterocycles. The average Bonchev–Trinajstić information content (AvgIpc) is 3.32. The van der Waals surface area contributed by atoms with Crippen LogP contribution in [-0.2, 0) is 6.42 Å². The molecule has 5 aromatic carbocycles. The summed E-state index contributed by atoms with van der Waals surface area (Å²) in [6, 6.07) is 47.6. The first-order valence-electron chi connectivity index (χ1n) is 13.6. The maximum atomic E-state index is 2.39. The number of hydrogen-bond acceptors (Lipinski definition) is 1. The summed E-state index contributed by atoms with van der Waals surface area (Å²) in [6.45, 7) is 4.33. The first-order valence-corrected chi connectivity index (χ1v) is 13.6. The predicted molar refractivity (Wildman–Crippen MR) is 167 cm³/mol. The van der Waals surface area contributed by atoms with Gasteiger partial charge in [-0.2, -0.15) is 0 Å². The Hall–Kier alpha value is -4.82. The van der Waals surface area contributed by atoms with Crippen molar-refractivity contribution in [3.05, 3.63) is 151 Å². The Morgan fingerprint density at radius 1 is 0.590 bits per heavy atom. The van der Waals surface area contributed by atoms with Gasteiger partial charge in [0.1, 0.15) is 0 Å². The Bertz CT molecular complexity index is 1670. The summed E-state index contributed by atoms with van der Waals surface area (Å²) in [5.74, 6) is 0. The molecular formula is C37H32N2. The van der Waals surface area contributed by atoms with Gasteiger partial charge in [-0.05, 0) is 90.7 Å². The van der Waals surface area contributed by atoms with Crippen LogP contribution in [0.25, 0.3) is 33.8 Å². The topological polar surface area (TPSA) is 8.17 Å². The molecule has 2 nitrogen and oxygen atoms in total. The van der Waals surface area contributed by atoms with Crippen LogP contribution in [0.3, 0.4) is 0 Å². The molecule has 0 aliphatic rings. The van der Waals surface area contributed by atoms with Gasteiger partial charge in [0.25, 0.3) is 0 Å². The Morgan fingerprint density at radius 3 is 1.67 bits per heavy atom. The number of allylic oxidation sites excluding steroid dienone is 1. The van der Waals surface area contributed by atoms with Crippen molar-refractivity contribution in [2.24, 2.45) is 0 Å². The summed E-state index contributed by atoms with van der Waals surface area (Å²) in [5.41, 5.74) is 10.9. The highest BCUT2D eigenvalue weighted by atomic mass is 15.1. The van der Waals surface area contributed by atoms with Crippen LogP contribution >= 0.6 is 0 Å². The van der Waals surface area contributed by atoms with E-state index in [0.29, 0.717) is 0 Å². The van der Waals surface area contributed by atoms with Crippen LogP contribution in [0.4, 0.5) is 17.1 Å². The molecule has 0 bridgehead atoms. The van der Waals surface area contributed by atoms with Crippen LogP contribution in [0, 0.1) is 0 Å². The molecule has 0 saturated heterocycles. The van der Waals surface area contributed by atoms with Gasteiger partial charge in [-0.3, -0.25) is 0 Å². The standard InChI is InChI=1S/C37H32N2/c1-3-13-36-34(4-2)35-18-11-12-19-37(35)39(36)33-26-22-29(23-27-33)28-20-24-32(25-21-28)38(30-14-7-5-8-15-30)31-16-9-6-10-17-31/h3,5-27H,4H2,1-2H3/b13-3-. The Morgan fingerprint density at radius 2 is 1.10 bits per heavy atom. The molecular weight excluding hydrogens is 472 g/mol. The summed E-state index contributed by atoms with van der Waals surface area (Å²) >= 11 is 0. The van der Waals surface area contributed by atoms with Gasteiger partial charge in [0.2, 0.25) is 0 Å². The van der Waals surface area contributed by atoms with Crippen LogP contribution in [0.5, 0.6) is 0 Å². The smallest absolute Gasteiger partial charge is 0.0537 e. The number of anilines is 3. The predicted octanol–water partition coefficient (Wildman–Crippen LogP) is 10.4. The molecule has 1 heterocycles. The van der Waals surface area contributed by atoms with E-state index < -0.39 is 0 Å². The van der Waals surface area contributed by atoms with Gasteiger partial charge >= 0.3 is 0 Å². The molecule has 0 fully saturated rings. The lowest BCUT2D eigenvalue weighted by molar-refractivity contribution is 1.06. The largest absolute Gasteiger partial charge is 0.311 e. The van der Waals surface area contributed by atoms with Crippen molar-refractivity contribution in [3.63, 3.8) is 0 Å². The van der Waals surface area contributed by atoms with E-state index in [1.54, 1.807) is 0 Å². The van der Waals surface area contributed by atoms with Gasteiger partial charge in [-0.25, -0.2) is 0 Å². The summed E-state index contributed by atoms with van der Waals surface area (Å²) < 4.78 is 2.39. The van der Waals surface area contributed by atoms with Crippen molar-refractivity contribution in [1.82, 2.24) is 4.57 Å². The molecule has 0 amide bonds. The second-order valence-electron chi connectivity index (χ2n) is 9.67. The highest BCUT2D eigenvalue weighted by Crippen LogP contribution is 2.36. The van der Waals surface area contributed by atoms with Gasteiger partial charge in [0, 0.05) is 33.8 Å². The fraction of sp³-hybridized carbons (Fsp3) is 0.0811. The summed E-state index contributed by atoms with van der Waals surface area (Å²) in [7, 11) is 0. The zero-order chi connectivity index (χ0) is 26.6. The molecule has 39 heavy (non-hydrogen) atoms. The number of benzene rings is 5. The van der Waals surface area contributed by atoms with E-state index in [1.807, 2.05) is 0 Å². The minimum atomic E-state index is 1.00. The van der Waals surface area contributed by atoms with Crippen LogP contribution in [0.15, 0.2) is 140 Å². The van der Waals surface area contributed by atoms with E-state index >= 15 is 0 Å². The number of hydrogen-bond donors (Lipinski definition) is 0. The number of fused-ring (bicyclic) bond motifs is 1. The molecule has 0 aliphatic heterocycles. The number of aromatic nitrogens is 1. The molecule has 0 spiro atoms. The SMILES string of the molecule is C/C=C\c1c(CC)c2ccccc2n1-c1ccc(-c2ccc(N(c3ccccc3)c3ccccc3)cc2)cc1. The molecule has 0 N–H and O–H groups in total. The van der Waals surface area contributed by atoms with Gasteiger partial charge < -0.3 is 9.47 Å². The van der Waals surface area contributed by atoms with Crippen molar-refractivity contribution in [3.8, 4) is 16.8 Å². The van der Waals surface area contributed by atoms with Crippen molar-refractivity contribution < 1.29 is 0 Å². The van der Waals surface area contributed by atoms with Crippen molar-refractivity contribution in [2.45, 2.75) is 20.3 Å².